The molecule has 2 atom stereocenters. The number of thioether (sulfide) groups is 1. The summed E-state index contributed by atoms with van der Waals surface area (Å²) in [5.74, 6) is 0. The van der Waals surface area contributed by atoms with E-state index in [1.165, 1.54) is 11.8 Å². The lowest BCUT2D eigenvalue weighted by molar-refractivity contribution is -0.120. The van der Waals surface area contributed by atoms with Gasteiger partial charge in [0.25, 0.3) is 0 Å². The molecule has 0 aliphatic heterocycles. The van der Waals surface area contributed by atoms with Gasteiger partial charge in [0.1, 0.15) is 0 Å². The van der Waals surface area contributed by atoms with Crippen LogP contribution < -0.4 is 0 Å². The zero-order chi connectivity index (χ0) is 17.1. The fraction of sp³-hybridized carbons (Fsp3) is 0.286. The van der Waals surface area contributed by atoms with Crippen molar-refractivity contribution in [3.05, 3.63) is 60.2 Å². The number of methoxy groups -OCH3 is 1. The van der Waals surface area contributed by atoms with Gasteiger partial charge in [-0.2, -0.15) is 0 Å². The molecule has 0 bridgehead atoms. The van der Waals surface area contributed by atoms with Crippen LogP contribution in [0.2, 0.25) is 0 Å². The maximum absolute atomic E-state index is 12.9. The van der Waals surface area contributed by atoms with Gasteiger partial charge in [0.15, 0.2) is 6.10 Å². The molecule has 124 valence electrons. The fourth-order valence-corrected chi connectivity index (χ4v) is 3.91. The summed E-state index contributed by atoms with van der Waals surface area (Å²) in [6.45, 7) is 4.18. The van der Waals surface area contributed by atoms with E-state index in [2.05, 4.69) is 44.2 Å². The number of benzene rings is 3. The van der Waals surface area contributed by atoms with E-state index >= 15 is 0 Å². The summed E-state index contributed by atoms with van der Waals surface area (Å²) in [6.07, 6.45) is 0.406. The number of carbonyl (C=O) groups excluding carboxylic acids is 1. The normalized spacial score (nSPS) is 14.0. The highest BCUT2D eigenvalue weighted by Crippen LogP contribution is 2.37. The van der Waals surface area contributed by atoms with E-state index < -0.39 is 6.10 Å². The Labute approximate surface area is 147 Å². The van der Waals surface area contributed by atoms with Crippen molar-refractivity contribution >= 4 is 38.4 Å². The number of hydrogen-bond donors (Lipinski definition) is 0. The number of fused-ring (bicyclic) bond motifs is 2. The van der Waals surface area contributed by atoms with Crippen molar-refractivity contribution < 1.29 is 9.53 Å². The molecule has 3 aromatic carbocycles. The average Bonchev–Trinajstić information content (AvgIpc) is 2.61. The van der Waals surface area contributed by atoms with Crippen LogP contribution in [0, 0.1) is 0 Å². The SMILES string of the molecule is CC[C@H](C)SC(=O)[C@H](OC)c1c2ccccc2cc2ccccc12. The quantitative estimate of drug-likeness (QED) is 0.555. The molecule has 3 heteroatoms. The minimum absolute atomic E-state index is 0.0772. The summed E-state index contributed by atoms with van der Waals surface area (Å²) < 4.78 is 5.69. The molecule has 3 rings (SSSR count). The highest BCUT2D eigenvalue weighted by atomic mass is 32.2. The van der Waals surface area contributed by atoms with Crippen LogP contribution in [0.1, 0.15) is 31.9 Å². The summed E-state index contributed by atoms with van der Waals surface area (Å²) in [7, 11) is 1.62. The van der Waals surface area contributed by atoms with Gasteiger partial charge in [-0.1, -0.05) is 74.1 Å². The third kappa shape index (κ3) is 3.19. The third-order valence-corrected chi connectivity index (χ3v) is 5.60. The van der Waals surface area contributed by atoms with Crippen molar-refractivity contribution in [1.29, 1.82) is 0 Å². The summed E-state index contributed by atoms with van der Waals surface area (Å²) in [5.41, 5.74) is 0.979. The van der Waals surface area contributed by atoms with E-state index in [4.69, 9.17) is 4.74 Å². The largest absolute Gasteiger partial charge is 0.368 e. The zero-order valence-electron chi connectivity index (χ0n) is 14.3. The Hall–Kier alpha value is -1.84. The van der Waals surface area contributed by atoms with Crippen molar-refractivity contribution in [2.75, 3.05) is 7.11 Å². The molecular weight excluding hydrogens is 316 g/mol. The Kier molecular flexibility index (Phi) is 5.22. The molecule has 0 unspecified atom stereocenters. The molecule has 0 saturated heterocycles. The molecule has 0 N–H and O–H groups in total. The van der Waals surface area contributed by atoms with E-state index in [0.717, 1.165) is 33.5 Å². The van der Waals surface area contributed by atoms with Gasteiger partial charge >= 0.3 is 0 Å². The maximum atomic E-state index is 12.9. The van der Waals surface area contributed by atoms with Gasteiger partial charge in [-0.05, 0) is 34.0 Å². The molecule has 2 nitrogen and oxygen atoms in total. The maximum Gasteiger partial charge on any atom is 0.222 e. The molecule has 0 spiro atoms. The van der Waals surface area contributed by atoms with E-state index in [1.54, 1.807) is 7.11 Å². The molecule has 0 fully saturated rings. The van der Waals surface area contributed by atoms with Crippen LogP contribution >= 0.6 is 11.8 Å². The molecule has 0 aliphatic rings. The predicted molar refractivity (Wildman–Crippen MR) is 104 cm³/mol. The first-order chi connectivity index (χ1) is 11.7. The minimum Gasteiger partial charge on any atom is -0.368 e. The van der Waals surface area contributed by atoms with Crippen molar-refractivity contribution in [3.8, 4) is 0 Å². The smallest absolute Gasteiger partial charge is 0.222 e. The van der Waals surface area contributed by atoms with Gasteiger partial charge in [0.2, 0.25) is 5.12 Å². The Morgan fingerprint density at radius 3 is 2.08 bits per heavy atom. The standard InChI is InChI=1S/C21H22O2S/c1-4-14(2)24-21(22)20(23-3)19-17-11-7-5-9-15(17)13-16-10-6-8-12-18(16)19/h5-14,20H,4H2,1-3H3/t14-,20+/m0/s1. The lowest BCUT2D eigenvalue weighted by Crippen LogP contribution is -2.15. The zero-order valence-corrected chi connectivity index (χ0v) is 15.1. The average molecular weight is 338 g/mol. The summed E-state index contributed by atoms with van der Waals surface area (Å²) in [5, 5.41) is 4.80. The second-order valence-corrected chi connectivity index (χ2v) is 7.45. The predicted octanol–water partition coefficient (Wildman–Crippen LogP) is 5.74. The summed E-state index contributed by atoms with van der Waals surface area (Å²) in [4.78, 5) is 12.9. The molecule has 0 heterocycles. The third-order valence-electron chi connectivity index (χ3n) is 4.42. The second kappa shape index (κ2) is 7.37. The first kappa shape index (κ1) is 17.0. The molecule has 0 saturated carbocycles. The van der Waals surface area contributed by atoms with Crippen molar-refractivity contribution in [2.45, 2.75) is 31.6 Å². The van der Waals surface area contributed by atoms with Crippen LogP contribution in [-0.4, -0.2) is 17.5 Å². The molecule has 0 amide bonds. The Morgan fingerprint density at radius 1 is 1.04 bits per heavy atom. The fourth-order valence-electron chi connectivity index (χ4n) is 3.01. The van der Waals surface area contributed by atoms with Crippen molar-refractivity contribution in [1.82, 2.24) is 0 Å². The second-order valence-electron chi connectivity index (χ2n) is 6.00. The van der Waals surface area contributed by atoms with Gasteiger partial charge in [-0.15, -0.1) is 0 Å². The van der Waals surface area contributed by atoms with Crippen molar-refractivity contribution in [3.63, 3.8) is 0 Å². The molecule has 0 aromatic heterocycles. The Bertz CT molecular complexity index is 818. The molecule has 0 radical (unpaired) electrons. The number of hydrogen-bond acceptors (Lipinski definition) is 3. The van der Waals surface area contributed by atoms with Crippen LogP contribution in [0.15, 0.2) is 54.6 Å². The van der Waals surface area contributed by atoms with Gasteiger partial charge in [-0.25, -0.2) is 0 Å². The van der Waals surface area contributed by atoms with E-state index in [1.807, 2.05) is 24.3 Å². The van der Waals surface area contributed by atoms with Crippen LogP contribution in [0.3, 0.4) is 0 Å². The minimum atomic E-state index is -0.556. The number of ether oxygens (including phenoxy) is 1. The summed E-state index contributed by atoms with van der Waals surface area (Å²) in [6, 6.07) is 18.6. The van der Waals surface area contributed by atoms with E-state index in [9.17, 15) is 4.79 Å². The van der Waals surface area contributed by atoms with Crippen LogP contribution in [0.4, 0.5) is 0 Å². The lowest BCUT2D eigenvalue weighted by atomic mass is 9.94. The molecule has 3 aromatic rings. The van der Waals surface area contributed by atoms with E-state index in [0.29, 0.717) is 0 Å². The van der Waals surface area contributed by atoms with Gasteiger partial charge in [0.05, 0.1) is 0 Å². The van der Waals surface area contributed by atoms with Gasteiger partial charge in [0, 0.05) is 17.9 Å². The molecule has 24 heavy (non-hydrogen) atoms. The van der Waals surface area contributed by atoms with E-state index in [-0.39, 0.29) is 10.4 Å². The monoisotopic (exact) mass is 338 g/mol. The topological polar surface area (TPSA) is 26.3 Å². The van der Waals surface area contributed by atoms with Crippen LogP contribution in [0.5, 0.6) is 0 Å². The summed E-state index contributed by atoms with van der Waals surface area (Å²) >= 11 is 1.38. The molecule has 0 aliphatic carbocycles. The Morgan fingerprint density at radius 2 is 1.58 bits per heavy atom. The molecular formula is C21H22O2S. The Balaban J connectivity index is 2.22. The first-order valence-corrected chi connectivity index (χ1v) is 9.17. The number of rotatable bonds is 5. The number of carbonyl (C=O) groups is 1. The van der Waals surface area contributed by atoms with Crippen LogP contribution in [0.25, 0.3) is 21.5 Å². The van der Waals surface area contributed by atoms with Gasteiger partial charge in [-0.3, -0.25) is 4.79 Å². The first-order valence-electron chi connectivity index (χ1n) is 8.29. The van der Waals surface area contributed by atoms with Gasteiger partial charge < -0.3 is 4.74 Å². The van der Waals surface area contributed by atoms with Crippen molar-refractivity contribution in [2.24, 2.45) is 0 Å². The highest BCUT2D eigenvalue weighted by Gasteiger charge is 2.26. The van der Waals surface area contributed by atoms with Crippen LogP contribution in [-0.2, 0) is 9.53 Å². The highest BCUT2D eigenvalue weighted by molar-refractivity contribution is 8.14. The lowest BCUT2D eigenvalue weighted by Gasteiger charge is -2.20.